The van der Waals surface area contributed by atoms with Gasteiger partial charge in [-0.2, -0.15) is 21.6 Å². The first-order valence-corrected chi connectivity index (χ1v) is 9.38. The molecule has 0 bridgehead atoms. The number of anilines is 1. The minimum Gasteiger partial charge on any atom is -0.357 e. The van der Waals surface area contributed by atoms with Crippen LogP contribution in [0.25, 0.3) is 0 Å². The van der Waals surface area contributed by atoms with Crippen molar-refractivity contribution in [3.63, 3.8) is 0 Å². The highest BCUT2D eigenvalue weighted by molar-refractivity contribution is 7.93. The predicted octanol–water partition coefficient (Wildman–Crippen LogP) is 5.07. The molecule has 0 heterocycles. The molecule has 0 saturated heterocycles. The first-order chi connectivity index (χ1) is 12.9. The van der Waals surface area contributed by atoms with Gasteiger partial charge in [-0.15, -0.1) is 0 Å². The van der Waals surface area contributed by atoms with E-state index < -0.39 is 32.9 Å². The Labute approximate surface area is 161 Å². The fourth-order valence-electron chi connectivity index (χ4n) is 1.99. The molecule has 0 aliphatic rings. The van der Waals surface area contributed by atoms with Gasteiger partial charge in [0.25, 0.3) is 0 Å². The smallest absolute Gasteiger partial charge is 0.357 e. The summed E-state index contributed by atoms with van der Waals surface area (Å²) in [4.78, 5) is 4.98. The van der Waals surface area contributed by atoms with Crippen LogP contribution in [-0.4, -0.2) is 19.6 Å². The summed E-state index contributed by atoms with van der Waals surface area (Å²) in [6.07, 6.45) is 0.0881. The number of nitrogens with zero attached hydrogens (tertiary/aromatic N) is 1. The third-order valence-corrected chi connectivity index (χ3v) is 4.66. The molecule has 0 unspecified atom stereocenters. The Hall–Kier alpha value is -2.40. The molecule has 0 aliphatic heterocycles. The molecule has 0 spiro atoms. The van der Waals surface area contributed by atoms with Crippen LogP contribution in [0, 0.1) is 11.6 Å². The number of nitrogens with one attached hydrogen (secondary N) is 1. The van der Waals surface area contributed by atoms with E-state index in [1.165, 1.54) is 16.9 Å². The highest BCUT2D eigenvalue weighted by Gasteiger charge is 2.46. The molecule has 2 rings (SSSR count). The molecular weight excluding hydrogens is 431 g/mol. The molecule has 2 aromatic rings. The van der Waals surface area contributed by atoms with E-state index in [9.17, 15) is 30.4 Å². The number of halogens is 6. The molecular formula is C16H12ClF5N2O3S. The minimum atomic E-state index is -5.69. The van der Waals surface area contributed by atoms with E-state index in [4.69, 9.17) is 16.4 Å². The van der Waals surface area contributed by atoms with Gasteiger partial charge in [0.05, 0.1) is 11.4 Å². The van der Waals surface area contributed by atoms with Crippen LogP contribution in [0.4, 0.5) is 27.6 Å². The summed E-state index contributed by atoms with van der Waals surface area (Å²) < 4.78 is 88.4. The molecule has 0 saturated carbocycles. The van der Waals surface area contributed by atoms with Gasteiger partial charge >= 0.3 is 15.5 Å². The van der Waals surface area contributed by atoms with Crippen molar-refractivity contribution in [2.75, 3.05) is 4.72 Å². The van der Waals surface area contributed by atoms with E-state index in [2.05, 4.69) is 5.16 Å². The van der Waals surface area contributed by atoms with Crippen LogP contribution in [0.2, 0.25) is 5.02 Å². The second-order valence-corrected chi connectivity index (χ2v) is 7.41. The topological polar surface area (TPSA) is 67.8 Å². The van der Waals surface area contributed by atoms with Crippen LogP contribution in [0.5, 0.6) is 5.75 Å². The predicted molar refractivity (Wildman–Crippen MR) is 93.9 cm³/mol. The van der Waals surface area contributed by atoms with Gasteiger partial charge in [-0.1, -0.05) is 23.7 Å². The molecule has 28 heavy (non-hydrogen) atoms. The zero-order chi connectivity index (χ0) is 21.1. The summed E-state index contributed by atoms with van der Waals surface area (Å²) >= 11 is 5.85. The number of hydrogen-bond acceptors (Lipinski definition) is 4. The van der Waals surface area contributed by atoms with Crippen molar-refractivity contribution < 1.29 is 35.2 Å². The summed E-state index contributed by atoms with van der Waals surface area (Å²) in [7, 11) is -5.69. The summed E-state index contributed by atoms with van der Waals surface area (Å²) in [5.41, 5.74) is -6.04. The molecule has 5 nitrogen and oxygen atoms in total. The van der Waals surface area contributed by atoms with E-state index in [-0.39, 0.29) is 28.5 Å². The van der Waals surface area contributed by atoms with Crippen molar-refractivity contribution in [2.24, 2.45) is 5.16 Å². The van der Waals surface area contributed by atoms with Crippen molar-refractivity contribution in [3.05, 3.63) is 58.6 Å². The zero-order valence-electron chi connectivity index (χ0n) is 14.0. The first kappa shape index (κ1) is 21.9. The second kappa shape index (κ2) is 8.31. The fraction of sp³-hybridized carbons (Fsp3) is 0.188. The highest BCUT2D eigenvalue weighted by atomic mass is 35.5. The van der Waals surface area contributed by atoms with Crippen molar-refractivity contribution in [1.29, 1.82) is 0 Å². The number of alkyl halides is 3. The lowest BCUT2D eigenvalue weighted by molar-refractivity contribution is -0.0429. The minimum absolute atomic E-state index is 0.00658. The normalized spacial score (nSPS) is 12.8. The van der Waals surface area contributed by atoms with Gasteiger partial charge in [-0.25, -0.2) is 8.78 Å². The maximum Gasteiger partial charge on any atom is 0.516 e. The third kappa shape index (κ3) is 5.10. The van der Waals surface area contributed by atoms with E-state index in [1.807, 2.05) is 0 Å². The van der Waals surface area contributed by atoms with E-state index >= 15 is 0 Å². The largest absolute Gasteiger partial charge is 0.516 e. The lowest BCUT2D eigenvalue weighted by atomic mass is 10.1. The lowest BCUT2D eigenvalue weighted by Crippen LogP contribution is -2.30. The average molecular weight is 443 g/mol. The number of sulfonamides is 1. The fourth-order valence-corrected chi connectivity index (χ4v) is 2.75. The molecule has 152 valence electrons. The molecule has 2 aromatic carbocycles. The van der Waals surface area contributed by atoms with Crippen molar-refractivity contribution in [3.8, 4) is 5.75 Å². The quantitative estimate of drug-likeness (QED) is 0.386. The van der Waals surface area contributed by atoms with Gasteiger partial charge in [0.2, 0.25) is 0 Å². The Morgan fingerprint density at radius 3 is 2.39 bits per heavy atom. The van der Waals surface area contributed by atoms with Gasteiger partial charge in [-0.05, 0) is 36.8 Å². The number of rotatable bonds is 6. The summed E-state index contributed by atoms with van der Waals surface area (Å²) in [5, 5.41) is 3.80. The summed E-state index contributed by atoms with van der Waals surface area (Å²) in [6.45, 7) is 1.57. The summed E-state index contributed by atoms with van der Waals surface area (Å²) in [6, 6.07) is 6.01. The van der Waals surface area contributed by atoms with Crippen LogP contribution >= 0.6 is 11.6 Å². The molecule has 0 aliphatic carbocycles. The van der Waals surface area contributed by atoms with E-state index in [0.29, 0.717) is 0 Å². The molecule has 12 heteroatoms. The Bertz CT molecular complexity index is 1010. The van der Waals surface area contributed by atoms with Gasteiger partial charge < -0.3 is 4.84 Å². The maximum atomic E-state index is 13.2. The Morgan fingerprint density at radius 1 is 1.14 bits per heavy atom. The first-order valence-electron chi connectivity index (χ1n) is 7.52. The average Bonchev–Trinajstić information content (AvgIpc) is 2.59. The zero-order valence-corrected chi connectivity index (χ0v) is 15.6. The molecule has 0 radical (unpaired) electrons. The molecule has 0 aromatic heterocycles. The van der Waals surface area contributed by atoms with Crippen LogP contribution in [0.15, 0.2) is 41.6 Å². The lowest BCUT2D eigenvalue weighted by Gasteiger charge is -2.15. The Morgan fingerprint density at radius 2 is 1.82 bits per heavy atom. The maximum absolute atomic E-state index is 13.2. The molecule has 1 N–H and O–H groups in total. The molecule has 0 fully saturated rings. The standard InChI is InChI=1S/C16H12ClF5N2O3S/c1-2-14(23-27-10-4-5-12(18)13(19)8-10)11-7-9(17)3-6-15(11)24-28(25,26)16(20,21)22/h3-8,24H,2H2,1H3. The van der Waals surface area contributed by atoms with Crippen molar-refractivity contribution >= 4 is 33.0 Å². The van der Waals surface area contributed by atoms with E-state index in [1.54, 1.807) is 6.92 Å². The van der Waals surface area contributed by atoms with Crippen LogP contribution < -0.4 is 9.56 Å². The second-order valence-electron chi connectivity index (χ2n) is 5.30. The molecule has 0 atom stereocenters. The highest BCUT2D eigenvalue weighted by Crippen LogP contribution is 2.29. The van der Waals surface area contributed by atoms with Gasteiger partial charge in [-0.3, -0.25) is 4.72 Å². The number of benzene rings is 2. The number of oxime groups is 1. The van der Waals surface area contributed by atoms with Crippen LogP contribution in [-0.2, 0) is 10.0 Å². The Kier molecular flexibility index (Phi) is 6.50. The van der Waals surface area contributed by atoms with Gasteiger partial charge in [0, 0.05) is 16.7 Å². The van der Waals surface area contributed by atoms with Crippen molar-refractivity contribution in [2.45, 2.75) is 18.9 Å². The van der Waals surface area contributed by atoms with Crippen molar-refractivity contribution in [1.82, 2.24) is 0 Å². The number of hydrogen-bond donors (Lipinski definition) is 1. The van der Waals surface area contributed by atoms with Crippen LogP contribution in [0.3, 0.4) is 0 Å². The summed E-state index contributed by atoms with van der Waals surface area (Å²) in [5.74, 6) is -2.47. The van der Waals surface area contributed by atoms with Gasteiger partial charge in [0.15, 0.2) is 17.4 Å². The van der Waals surface area contributed by atoms with Crippen LogP contribution in [0.1, 0.15) is 18.9 Å². The molecule has 0 amide bonds. The monoisotopic (exact) mass is 442 g/mol. The van der Waals surface area contributed by atoms with E-state index in [0.717, 1.165) is 24.3 Å². The SMILES string of the molecule is CCC(=NOc1ccc(F)c(F)c1)c1cc(Cl)ccc1NS(=O)(=O)C(F)(F)F. The Balaban J connectivity index is 2.42. The van der Waals surface area contributed by atoms with Gasteiger partial charge in [0.1, 0.15) is 0 Å². The third-order valence-electron chi connectivity index (χ3n) is 3.33.